The Morgan fingerprint density at radius 2 is 1.37 bits per heavy atom. The average molecular weight is 378 g/mol. The molecule has 0 aliphatic carbocycles. The van der Waals surface area contributed by atoms with Crippen molar-refractivity contribution in [1.29, 1.82) is 0 Å². The van der Waals surface area contributed by atoms with Crippen molar-refractivity contribution >= 4 is 0 Å². The van der Waals surface area contributed by atoms with E-state index in [4.69, 9.17) is 4.74 Å². The van der Waals surface area contributed by atoms with Crippen LogP contribution >= 0.6 is 0 Å². The first kappa shape index (κ1) is 23.9. The predicted molar refractivity (Wildman–Crippen MR) is 117 cm³/mol. The Labute approximate surface area is 169 Å². The Morgan fingerprint density at radius 1 is 0.815 bits per heavy atom. The third-order valence-electron chi connectivity index (χ3n) is 5.34. The van der Waals surface area contributed by atoms with Gasteiger partial charge < -0.3 is 9.22 Å². The predicted octanol–water partition coefficient (Wildman–Crippen LogP) is 6.76. The molecule has 0 aromatic carbocycles. The first-order valence-corrected chi connectivity index (χ1v) is 11.5. The molecule has 0 unspecified atom stereocenters. The molecule has 3 heteroatoms. The zero-order valence-corrected chi connectivity index (χ0v) is 18.6. The molecule has 0 amide bonds. The minimum absolute atomic E-state index is 0.699. The molecule has 0 radical (unpaired) electrons. The van der Waals surface area contributed by atoms with Crippen LogP contribution < -0.4 is 4.74 Å². The van der Waals surface area contributed by atoms with E-state index >= 15 is 0 Å². The molecule has 0 fully saturated rings. The van der Waals surface area contributed by atoms with E-state index in [1.165, 1.54) is 83.6 Å². The molecule has 0 bridgehead atoms. The number of aromatic nitrogens is 1. The topological polar surface area (TPSA) is 22.1 Å². The molecule has 0 aliphatic heterocycles. The van der Waals surface area contributed by atoms with Gasteiger partial charge >= 0.3 is 0 Å². The van der Waals surface area contributed by atoms with Gasteiger partial charge in [0.2, 0.25) is 0 Å². The standard InChI is InChI=1S/C24H45N2O/c1-5-7-8-9-10-11-12-13-14-15-16-17-21-26(3,4)22-23-24(27-6-2)19-18-20-25-23/h18-20H,5-17,21-22H2,1-4H3/q+1. The lowest BCUT2D eigenvalue weighted by Crippen LogP contribution is -2.40. The number of nitrogens with zero attached hydrogens (tertiary/aromatic N) is 2. The van der Waals surface area contributed by atoms with Gasteiger partial charge in [0.1, 0.15) is 18.0 Å². The van der Waals surface area contributed by atoms with Crippen LogP contribution in [0, 0.1) is 0 Å². The molecule has 0 atom stereocenters. The van der Waals surface area contributed by atoms with Crippen molar-refractivity contribution in [2.24, 2.45) is 0 Å². The van der Waals surface area contributed by atoms with Gasteiger partial charge in [0.05, 0.1) is 27.2 Å². The molecule has 1 rings (SSSR count). The van der Waals surface area contributed by atoms with Gasteiger partial charge in [-0.05, 0) is 31.9 Å². The molecule has 0 aliphatic rings. The van der Waals surface area contributed by atoms with Crippen LogP contribution in [0.15, 0.2) is 18.3 Å². The number of hydrogen-bond donors (Lipinski definition) is 0. The summed E-state index contributed by atoms with van der Waals surface area (Å²) in [7, 11) is 4.62. The number of unbranched alkanes of at least 4 members (excludes halogenated alkanes) is 11. The van der Waals surface area contributed by atoms with Crippen LogP contribution in [0.3, 0.4) is 0 Å². The summed E-state index contributed by atoms with van der Waals surface area (Å²) >= 11 is 0. The molecule has 156 valence electrons. The van der Waals surface area contributed by atoms with Gasteiger partial charge in [-0.15, -0.1) is 0 Å². The minimum atomic E-state index is 0.699. The maximum absolute atomic E-state index is 5.73. The molecule has 1 heterocycles. The SMILES string of the molecule is CCCCCCCCCCCCCC[N+](C)(C)Cc1ncccc1OCC. The Morgan fingerprint density at radius 3 is 1.93 bits per heavy atom. The normalized spacial score (nSPS) is 11.7. The smallest absolute Gasteiger partial charge is 0.146 e. The van der Waals surface area contributed by atoms with Crippen LogP contribution in [-0.2, 0) is 6.54 Å². The molecule has 0 saturated heterocycles. The fraction of sp³-hybridized carbons (Fsp3) is 0.792. The van der Waals surface area contributed by atoms with Crippen molar-refractivity contribution in [2.75, 3.05) is 27.2 Å². The van der Waals surface area contributed by atoms with E-state index < -0.39 is 0 Å². The highest BCUT2D eigenvalue weighted by Gasteiger charge is 2.19. The minimum Gasteiger partial charge on any atom is -0.492 e. The summed E-state index contributed by atoms with van der Waals surface area (Å²) in [5, 5.41) is 0. The van der Waals surface area contributed by atoms with Crippen molar-refractivity contribution < 1.29 is 9.22 Å². The Balaban J connectivity index is 2.08. The number of rotatable bonds is 17. The molecular formula is C24H45N2O+. The molecule has 0 spiro atoms. The number of ether oxygens (including phenoxy) is 1. The third-order valence-corrected chi connectivity index (χ3v) is 5.34. The summed E-state index contributed by atoms with van der Waals surface area (Å²) < 4.78 is 6.71. The van der Waals surface area contributed by atoms with E-state index in [2.05, 4.69) is 26.0 Å². The summed E-state index contributed by atoms with van der Waals surface area (Å²) in [6.45, 7) is 7.17. The van der Waals surface area contributed by atoms with Gasteiger partial charge in [-0.1, -0.05) is 71.1 Å². The van der Waals surface area contributed by atoms with Gasteiger partial charge in [0, 0.05) is 6.20 Å². The summed E-state index contributed by atoms with van der Waals surface area (Å²) in [4.78, 5) is 4.55. The van der Waals surface area contributed by atoms with Crippen LogP contribution in [-0.4, -0.2) is 36.7 Å². The highest BCUT2D eigenvalue weighted by molar-refractivity contribution is 5.26. The molecule has 0 saturated carbocycles. The van der Waals surface area contributed by atoms with E-state index in [9.17, 15) is 0 Å². The number of hydrogen-bond acceptors (Lipinski definition) is 2. The molecule has 1 aromatic rings. The molecule has 0 N–H and O–H groups in total. The first-order valence-electron chi connectivity index (χ1n) is 11.5. The Hall–Kier alpha value is -1.09. The lowest BCUT2D eigenvalue weighted by atomic mass is 10.1. The van der Waals surface area contributed by atoms with Crippen molar-refractivity contribution in [3.05, 3.63) is 24.0 Å². The molecular weight excluding hydrogens is 332 g/mol. The van der Waals surface area contributed by atoms with Crippen molar-refractivity contribution in [2.45, 2.75) is 97.4 Å². The van der Waals surface area contributed by atoms with Crippen LogP contribution in [0.5, 0.6) is 5.75 Å². The summed E-state index contributed by atoms with van der Waals surface area (Å²) in [5.74, 6) is 0.945. The monoisotopic (exact) mass is 377 g/mol. The Kier molecular flexibility index (Phi) is 13.2. The first-order chi connectivity index (χ1) is 13.1. The lowest BCUT2D eigenvalue weighted by Gasteiger charge is -2.30. The summed E-state index contributed by atoms with van der Waals surface area (Å²) in [6, 6.07) is 4.00. The van der Waals surface area contributed by atoms with E-state index in [0.717, 1.165) is 22.5 Å². The quantitative estimate of drug-likeness (QED) is 0.221. The van der Waals surface area contributed by atoms with E-state index in [-0.39, 0.29) is 0 Å². The molecule has 1 aromatic heterocycles. The zero-order valence-electron chi connectivity index (χ0n) is 18.6. The second-order valence-electron chi connectivity index (χ2n) is 8.59. The third kappa shape index (κ3) is 12.1. The van der Waals surface area contributed by atoms with E-state index in [0.29, 0.717) is 6.61 Å². The van der Waals surface area contributed by atoms with Gasteiger partial charge in [-0.2, -0.15) is 0 Å². The van der Waals surface area contributed by atoms with Crippen molar-refractivity contribution in [3.63, 3.8) is 0 Å². The van der Waals surface area contributed by atoms with Crippen LogP contribution in [0.2, 0.25) is 0 Å². The zero-order chi connectivity index (χ0) is 19.8. The second-order valence-corrected chi connectivity index (χ2v) is 8.59. The lowest BCUT2D eigenvalue weighted by molar-refractivity contribution is -0.904. The van der Waals surface area contributed by atoms with Gasteiger partial charge in [0.25, 0.3) is 0 Å². The fourth-order valence-corrected chi connectivity index (χ4v) is 3.69. The average Bonchev–Trinajstić information content (AvgIpc) is 2.64. The second kappa shape index (κ2) is 14.9. The Bertz CT molecular complexity index is 473. The highest BCUT2D eigenvalue weighted by atomic mass is 16.5. The maximum atomic E-state index is 5.73. The van der Waals surface area contributed by atoms with Crippen molar-refractivity contribution in [3.8, 4) is 5.75 Å². The van der Waals surface area contributed by atoms with Crippen molar-refractivity contribution in [1.82, 2.24) is 4.98 Å². The van der Waals surface area contributed by atoms with Crippen LogP contribution in [0.4, 0.5) is 0 Å². The molecule has 3 nitrogen and oxygen atoms in total. The summed E-state index contributed by atoms with van der Waals surface area (Å²) in [5.41, 5.74) is 1.09. The number of pyridine rings is 1. The van der Waals surface area contributed by atoms with Crippen LogP contribution in [0.25, 0.3) is 0 Å². The largest absolute Gasteiger partial charge is 0.492 e. The highest BCUT2D eigenvalue weighted by Crippen LogP contribution is 2.20. The van der Waals surface area contributed by atoms with Gasteiger partial charge in [0.15, 0.2) is 0 Å². The fourth-order valence-electron chi connectivity index (χ4n) is 3.69. The van der Waals surface area contributed by atoms with Gasteiger partial charge in [-0.3, -0.25) is 4.98 Å². The molecule has 27 heavy (non-hydrogen) atoms. The van der Waals surface area contributed by atoms with Gasteiger partial charge in [-0.25, -0.2) is 0 Å². The van der Waals surface area contributed by atoms with E-state index in [1.54, 1.807) is 0 Å². The van der Waals surface area contributed by atoms with Crippen LogP contribution in [0.1, 0.15) is 96.6 Å². The van der Waals surface area contributed by atoms with E-state index in [1.807, 2.05) is 25.3 Å². The number of quaternary nitrogens is 1. The maximum Gasteiger partial charge on any atom is 0.146 e. The summed E-state index contributed by atoms with van der Waals surface area (Å²) in [6.07, 6.45) is 18.8.